The predicted molar refractivity (Wildman–Crippen MR) is 277 cm³/mol. The molecule has 0 saturated heterocycles. The quantitative estimate of drug-likeness (QED) is 0.0801. The van der Waals surface area contributed by atoms with Gasteiger partial charge in [0.25, 0.3) is 0 Å². The Bertz CT molecular complexity index is 3020. The van der Waals surface area contributed by atoms with Crippen molar-refractivity contribution < 1.29 is 18.9 Å². The van der Waals surface area contributed by atoms with Crippen LogP contribution < -0.4 is 28.7 Å². The zero-order valence-electron chi connectivity index (χ0n) is 36.9. The molecular weight excluding hydrogens is 837 g/mol. The molecule has 326 valence electrons. The van der Waals surface area contributed by atoms with Gasteiger partial charge in [0.1, 0.15) is 46.0 Å². The largest absolute Gasteiger partial charge is 0.457 e. The Hall–Kier alpha value is -9.26. The molecule has 0 aromatic heterocycles. The topological polar surface area (TPSA) is 43.4 Å². The Morgan fingerprint density at radius 2 is 0.397 bits per heavy atom. The van der Waals surface area contributed by atoms with Gasteiger partial charge in [-0.15, -0.1) is 0 Å². The van der Waals surface area contributed by atoms with Crippen LogP contribution in [0, 0.1) is 0 Å². The van der Waals surface area contributed by atoms with Crippen molar-refractivity contribution in [2.75, 3.05) is 9.80 Å². The molecule has 0 bridgehead atoms. The van der Waals surface area contributed by atoms with Crippen molar-refractivity contribution in [2.24, 2.45) is 0 Å². The lowest BCUT2D eigenvalue weighted by Gasteiger charge is -2.33. The SMILES string of the molecule is c1ccc(Oc2cccc(N(c3cccc(Oc4ccccc4)c3)c3c4ccccc4c(N(c4cccc(Oc5ccccc5)c4)c4cccc(Oc5ccccc5)c4)c4ccccc34)c2)cc1. The Kier molecular flexibility index (Phi) is 11.6. The second-order valence-corrected chi connectivity index (χ2v) is 16.1. The van der Waals surface area contributed by atoms with E-state index < -0.39 is 0 Å². The van der Waals surface area contributed by atoms with Crippen molar-refractivity contribution in [2.45, 2.75) is 0 Å². The third kappa shape index (κ3) is 8.90. The molecule has 0 atom stereocenters. The second kappa shape index (κ2) is 19.1. The fourth-order valence-electron chi connectivity index (χ4n) is 8.62. The fraction of sp³-hybridized carbons (Fsp3) is 0. The van der Waals surface area contributed by atoms with E-state index in [0.717, 1.165) is 78.7 Å². The van der Waals surface area contributed by atoms with Crippen molar-refractivity contribution in [1.29, 1.82) is 0 Å². The summed E-state index contributed by atoms with van der Waals surface area (Å²) in [4.78, 5) is 4.63. The van der Waals surface area contributed by atoms with E-state index in [9.17, 15) is 0 Å². The summed E-state index contributed by atoms with van der Waals surface area (Å²) in [6, 6.07) is 89.8. The van der Waals surface area contributed by atoms with Crippen LogP contribution in [0.2, 0.25) is 0 Å². The summed E-state index contributed by atoms with van der Waals surface area (Å²) < 4.78 is 25.9. The number of nitrogens with zero attached hydrogens (tertiary/aromatic N) is 2. The van der Waals surface area contributed by atoms with Crippen LogP contribution in [0.4, 0.5) is 34.1 Å². The summed E-state index contributed by atoms with van der Waals surface area (Å²) in [7, 11) is 0. The third-order valence-corrected chi connectivity index (χ3v) is 11.5. The summed E-state index contributed by atoms with van der Waals surface area (Å²) in [5.41, 5.74) is 5.63. The summed E-state index contributed by atoms with van der Waals surface area (Å²) in [5.74, 6) is 5.86. The molecule has 0 aliphatic heterocycles. The number of hydrogen-bond acceptors (Lipinski definition) is 6. The number of hydrogen-bond donors (Lipinski definition) is 0. The van der Waals surface area contributed by atoms with Crippen molar-refractivity contribution in [3.8, 4) is 46.0 Å². The monoisotopic (exact) mass is 880 g/mol. The first-order valence-electron chi connectivity index (χ1n) is 22.6. The second-order valence-electron chi connectivity index (χ2n) is 16.1. The minimum absolute atomic E-state index is 0.710. The van der Waals surface area contributed by atoms with Crippen molar-refractivity contribution in [3.63, 3.8) is 0 Å². The molecule has 0 unspecified atom stereocenters. The van der Waals surface area contributed by atoms with Crippen LogP contribution in [0.25, 0.3) is 21.5 Å². The van der Waals surface area contributed by atoms with Gasteiger partial charge in [0.15, 0.2) is 0 Å². The summed E-state index contributed by atoms with van der Waals surface area (Å²) in [6.07, 6.45) is 0. The average Bonchev–Trinajstić information content (AvgIpc) is 3.39. The lowest BCUT2D eigenvalue weighted by Crippen LogP contribution is -2.15. The molecule has 11 aromatic rings. The third-order valence-electron chi connectivity index (χ3n) is 11.5. The van der Waals surface area contributed by atoms with Crippen LogP contribution in [0.5, 0.6) is 46.0 Å². The molecule has 11 aromatic carbocycles. The number of fused-ring (bicyclic) bond motifs is 2. The molecule has 0 aliphatic carbocycles. The number of anilines is 6. The van der Waals surface area contributed by atoms with Gasteiger partial charge < -0.3 is 28.7 Å². The lowest BCUT2D eigenvalue weighted by atomic mass is 9.95. The van der Waals surface area contributed by atoms with Crippen LogP contribution in [0.1, 0.15) is 0 Å². The summed E-state index contributed by atoms with van der Waals surface area (Å²) >= 11 is 0. The first-order chi connectivity index (χ1) is 33.7. The van der Waals surface area contributed by atoms with E-state index in [1.807, 2.05) is 170 Å². The van der Waals surface area contributed by atoms with E-state index in [2.05, 4.69) is 107 Å². The fourth-order valence-corrected chi connectivity index (χ4v) is 8.62. The minimum atomic E-state index is 0.710. The highest BCUT2D eigenvalue weighted by molar-refractivity contribution is 6.23. The van der Waals surface area contributed by atoms with E-state index in [4.69, 9.17) is 18.9 Å². The summed E-state index contributed by atoms with van der Waals surface area (Å²) in [5, 5.41) is 4.12. The highest BCUT2D eigenvalue weighted by atomic mass is 16.5. The Balaban J connectivity index is 1.14. The molecule has 0 fully saturated rings. The molecule has 0 aliphatic rings. The van der Waals surface area contributed by atoms with Gasteiger partial charge in [-0.3, -0.25) is 0 Å². The Morgan fingerprint density at radius 1 is 0.191 bits per heavy atom. The zero-order valence-corrected chi connectivity index (χ0v) is 36.9. The molecule has 6 nitrogen and oxygen atoms in total. The maximum Gasteiger partial charge on any atom is 0.129 e. The molecule has 68 heavy (non-hydrogen) atoms. The molecule has 11 rings (SSSR count). The summed E-state index contributed by atoms with van der Waals surface area (Å²) in [6.45, 7) is 0. The molecule has 6 heteroatoms. The van der Waals surface area contributed by atoms with Crippen molar-refractivity contribution >= 4 is 55.7 Å². The van der Waals surface area contributed by atoms with E-state index in [0.29, 0.717) is 23.0 Å². The average molecular weight is 881 g/mol. The van der Waals surface area contributed by atoms with Gasteiger partial charge in [-0.25, -0.2) is 0 Å². The molecule has 0 N–H and O–H groups in total. The van der Waals surface area contributed by atoms with Gasteiger partial charge in [0.2, 0.25) is 0 Å². The van der Waals surface area contributed by atoms with E-state index in [1.165, 1.54) is 0 Å². The molecule has 0 spiro atoms. The molecule has 0 heterocycles. The first kappa shape index (κ1) is 41.4. The Morgan fingerprint density at radius 3 is 0.632 bits per heavy atom. The number of benzene rings is 11. The number of para-hydroxylation sites is 4. The van der Waals surface area contributed by atoms with Crippen molar-refractivity contribution in [3.05, 3.63) is 267 Å². The van der Waals surface area contributed by atoms with Gasteiger partial charge in [0, 0.05) is 68.6 Å². The van der Waals surface area contributed by atoms with E-state index in [1.54, 1.807) is 0 Å². The maximum atomic E-state index is 6.48. The molecular formula is C62H44N2O4. The minimum Gasteiger partial charge on any atom is -0.457 e. The van der Waals surface area contributed by atoms with Gasteiger partial charge in [-0.05, 0) is 97.1 Å². The smallest absolute Gasteiger partial charge is 0.129 e. The van der Waals surface area contributed by atoms with Crippen LogP contribution >= 0.6 is 0 Å². The highest BCUT2D eigenvalue weighted by Crippen LogP contribution is 2.52. The molecule has 0 radical (unpaired) electrons. The molecule has 0 amide bonds. The van der Waals surface area contributed by atoms with Crippen LogP contribution in [0.3, 0.4) is 0 Å². The first-order valence-corrected chi connectivity index (χ1v) is 22.6. The van der Waals surface area contributed by atoms with E-state index >= 15 is 0 Å². The van der Waals surface area contributed by atoms with Crippen LogP contribution in [0.15, 0.2) is 267 Å². The lowest BCUT2D eigenvalue weighted by molar-refractivity contribution is 0.482. The van der Waals surface area contributed by atoms with Crippen LogP contribution in [-0.2, 0) is 0 Å². The highest BCUT2D eigenvalue weighted by Gasteiger charge is 2.26. The number of ether oxygens (including phenoxy) is 4. The van der Waals surface area contributed by atoms with Gasteiger partial charge in [-0.2, -0.15) is 0 Å². The normalized spacial score (nSPS) is 10.9. The van der Waals surface area contributed by atoms with Crippen LogP contribution in [-0.4, -0.2) is 0 Å². The standard InChI is InChI=1S/C62H44N2O4/c1-5-25-49(26-6-1)65-53-33-17-21-45(41-53)63(46-22-18-34-54(42-46)66-50-27-7-2-8-28-50)61-57-37-13-15-39-59(57)62(60-40-16-14-38-58(60)61)64(47-23-19-35-55(43-47)67-51-29-9-3-10-30-51)48-24-20-36-56(44-48)68-52-31-11-4-12-32-52/h1-44H. The van der Waals surface area contributed by atoms with E-state index in [-0.39, 0.29) is 0 Å². The molecule has 0 saturated carbocycles. The van der Waals surface area contributed by atoms with Gasteiger partial charge >= 0.3 is 0 Å². The van der Waals surface area contributed by atoms with Gasteiger partial charge in [0.05, 0.1) is 11.4 Å². The zero-order chi connectivity index (χ0) is 45.5. The maximum absolute atomic E-state index is 6.48. The predicted octanol–water partition coefficient (Wildman–Crippen LogP) is 18.1. The Labute approximate surface area is 395 Å². The number of rotatable bonds is 14. The van der Waals surface area contributed by atoms with Crippen molar-refractivity contribution in [1.82, 2.24) is 0 Å². The van der Waals surface area contributed by atoms with Gasteiger partial charge in [-0.1, -0.05) is 146 Å².